The van der Waals surface area contributed by atoms with E-state index in [0.29, 0.717) is 0 Å². The summed E-state index contributed by atoms with van der Waals surface area (Å²) in [6, 6.07) is 0. The molecule has 0 aromatic carbocycles. The minimum atomic E-state index is -3.14. The fraction of sp³-hybridized carbons (Fsp3) is 0.889. The van der Waals surface area contributed by atoms with Gasteiger partial charge in [-0.2, -0.15) is 0 Å². The summed E-state index contributed by atoms with van der Waals surface area (Å²) in [7, 11) is -3.34. The summed E-state index contributed by atoms with van der Waals surface area (Å²) in [5.74, 6) is -0.531. The van der Waals surface area contributed by atoms with Crippen LogP contribution in [0.1, 0.15) is 12.8 Å². The summed E-state index contributed by atoms with van der Waals surface area (Å²) in [5, 5.41) is -0.647. The molecule has 0 amide bonds. The summed E-state index contributed by atoms with van der Waals surface area (Å²) in [6.07, 6.45) is 2.82. The van der Waals surface area contributed by atoms with Gasteiger partial charge in [-0.25, -0.2) is 8.42 Å². The van der Waals surface area contributed by atoms with Crippen molar-refractivity contribution in [1.29, 1.82) is 0 Å². The zero-order valence-electron chi connectivity index (χ0n) is 9.34. The first kappa shape index (κ1) is 13.6. The van der Waals surface area contributed by atoms with Gasteiger partial charge in [-0.15, -0.1) is 0 Å². The largest absolute Gasteiger partial charge is 0.468 e. The molecule has 0 N–H and O–H groups in total. The molecule has 1 aliphatic rings. The van der Waals surface area contributed by atoms with E-state index in [9.17, 15) is 17.4 Å². The molecule has 0 aromatic rings. The van der Waals surface area contributed by atoms with Crippen LogP contribution in [-0.2, 0) is 30.2 Å². The highest BCUT2D eigenvalue weighted by molar-refractivity contribution is 7.92. The van der Waals surface area contributed by atoms with E-state index in [1.807, 2.05) is 0 Å². The van der Waals surface area contributed by atoms with Crippen LogP contribution < -0.4 is 0 Å². The Labute approximate surface area is 97.9 Å². The third-order valence-corrected chi connectivity index (χ3v) is 5.38. The molecular formula is C9H16O5S2. The molecule has 7 heteroatoms. The molecular weight excluding hydrogens is 252 g/mol. The van der Waals surface area contributed by atoms with Gasteiger partial charge in [-0.3, -0.25) is 9.00 Å². The number of sulfone groups is 1. The topological polar surface area (TPSA) is 77.5 Å². The van der Waals surface area contributed by atoms with Gasteiger partial charge in [-0.1, -0.05) is 0 Å². The van der Waals surface area contributed by atoms with Crippen LogP contribution >= 0.6 is 0 Å². The van der Waals surface area contributed by atoms with Crippen LogP contribution in [0, 0.1) is 5.92 Å². The van der Waals surface area contributed by atoms with Gasteiger partial charge in [0.05, 0.1) is 12.9 Å². The molecule has 94 valence electrons. The van der Waals surface area contributed by atoms with Gasteiger partial charge < -0.3 is 4.74 Å². The third kappa shape index (κ3) is 4.21. The number of rotatable bonds is 6. The second-order valence-corrected chi connectivity index (χ2v) is 7.93. The van der Waals surface area contributed by atoms with Crippen molar-refractivity contribution < 1.29 is 22.2 Å². The van der Waals surface area contributed by atoms with Gasteiger partial charge in [0.1, 0.15) is 15.1 Å². The number of ether oxygens (including phenoxy) is 1. The van der Waals surface area contributed by atoms with Crippen LogP contribution in [-0.4, -0.2) is 48.7 Å². The lowest BCUT2D eigenvalue weighted by atomic mass is 10.3. The predicted octanol–water partition coefficient (Wildman–Crippen LogP) is -0.269. The predicted molar refractivity (Wildman–Crippen MR) is 61.2 cm³/mol. The summed E-state index contributed by atoms with van der Waals surface area (Å²) >= 11 is 0. The molecule has 1 saturated carbocycles. The highest BCUT2D eigenvalue weighted by atomic mass is 32.2. The normalized spacial score (nSPS) is 20.1. The van der Waals surface area contributed by atoms with Crippen LogP contribution in [0.5, 0.6) is 0 Å². The maximum atomic E-state index is 11.8. The molecule has 1 rings (SSSR count). The average molecular weight is 268 g/mol. The van der Waals surface area contributed by atoms with E-state index in [1.54, 1.807) is 0 Å². The van der Waals surface area contributed by atoms with Gasteiger partial charge in [0.25, 0.3) is 0 Å². The zero-order chi connectivity index (χ0) is 12.3. The molecule has 16 heavy (non-hydrogen) atoms. The molecule has 2 atom stereocenters. The van der Waals surface area contributed by atoms with Crippen LogP contribution in [0.15, 0.2) is 0 Å². The Morgan fingerprint density at radius 2 is 2.06 bits per heavy atom. The Hall–Kier alpha value is -0.430. The Bertz CT molecular complexity index is 383. The van der Waals surface area contributed by atoms with Crippen LogP contribution in [0.4, 0.5) is 0 Å². The summed E-state index contributed by atoms with van der Waals surface area (Å²) in [6.45, 7) is 0. The minimum absolute atomic E-state index is 0.00903. The lowest BCUT2D eigenvalue weighted by Gasteiger charge is -2.12. The summed E-state index contributed by atoms with van der Waals surface area (Å²) in [4.78, 5) is 11.4. The maximum absolute atomic E-state index is 11.8. The number of hydrogen-bond donors (Lipinski definition) is 0. The monoisotopic (exact) mass is 268 g/mol. The quantitative estimate of drug-likeness (QED) is 0.620. The molecule has 0 bridgehead atoms. The summed E-state index contributed by atoms with van der Waals surface area (Å²) in [5.41, 5.74) is 0. The van der Waals surface area contributed by atoms with E-state index in [4.69, 9.17) is 0 Å². The maximum Gasteiger partial charge on any atom is 0.321 e. The molecule has 0 spiro atoms. The Morgan fingerprint density at radius 1 is 1.50 bits per heavy atom. The number of methoxy groups -OCH3 is 1. The van der Waals surface area contributed by atoms with Crippen molar-refractivity contribution in [2.45, 2.75) is 18.1 Å². The van der Waals surface area contributed by atoms with Crippen molar-refractivity contribution in [3.63, 3.8) is 0 Å². The average Bonchev–Trinajstić information content (AvgIpc) is 2.98. The van der Waals surface area contributed by atoms with E-state index < -0.39 is 31.9 Å². The molecule has 1 aliphatic carbocycles. The first-order valence-corrected chi connectivity index (χ1v) is 8.42. The number of carbonyl (C=O) groups excluding carboxylic acids is 1. The third-order valence-electron chi connectivity index (χ3n) is 2.42. The van der Waals surface area contributed by atoms with Gasteiger partial charge in [0, 0.05) is 22.8 Å². The molecule has 0 aromatic heterocycles. The van der Waals surface area contributed by atoms with E-state index >= 15 is 0 Å². The number of esters is 1. The van der Waals surface area contributed by atoms with Gasteiger partial charge >= 0.3 is 5.97 Å². The number of hydrogen-bond acceptors (Lipinski definition) is 5. The standard InChI is InChI=1S/C9H16O5S2/c1-14-9(10)8(7-3-4-7)15(11)5-6-16(2,12)13/h7-8H,3-6H2,1-2H3. The van der Waals surface area contributed by atoms with Crippen LogP contribution in [0.25, 0.3) is 0 Å². The molecule has 1 fully saturated rings. The SMILES string of the molecule is COC(=O)C(C1CC1)S(=O)CCS(C)(=O)=O. The number of carbonyl (C=O) groups is 1. The smallest absolute Gasteiger partial charge is 0.321 e. The fourth-order valence-corrected chi connectivity index (χ4v) is 4.52. The van der Waals surface area contributed by atoms with Crippen molar-refractivity contribution in [1.82, 2.24) is 0 Å². The second kappa shape index (κ2) is 5.27. The lowest BCUT2D eigenvalue weighted by Crippen LogP contribution is -2.32. The lowest BCUT2D eigenvalue weighted by molar-refractivity contribution is -0.140. The van der Waals surface area contributed by atoms with E-state index in [1.165, 1.54) is 7.11 Å². The highest BCUT2D eigenvalue weighted by Crippen LogP contribution is 2.36. The molecule has 0 saturated heterocycles. The molecule has 0 heterocycles. The van der Waals surface area contributed by atoms with Crippen LogP contribution in [0.2, 0.25) is 0 Å². The van der Waals surface area contributed by atoms with Gasteiger partial charge in [0.15, 0.2) is 0 Å². The van der Waals surface area contributed by atoms with E-state index in [-0.39, 0.29) is 17.4 Å². The van der Waals surface area contributed by atoms with Crippen molar-refractivity contribution in [3.05, 3.63) is 0 Å². The van der Waals surface area contributed by atoms with Crippen molar-refractivity contribution in [3.8, 4) is 0 Å². The van der Waals surface area contributed by atoms with Gasteiger partial charge in [-0.05, 0) is 18.8 Å². The molecule has 5 nitrogen and oxygen atoms in total. The minimum Gasteiger partial charge on any atom is -0.468 e. The first-order valence-electron chi connectivity index (χ1n) is 4.98. The molecule has 2 unspecified atom stereocenters. The fourth-order valence-electron chi connectivity index (χ4n) is 1.39. The summed E-state index contributed by atoms with van der Waals surface area (Å²) < 4.78 is 38.3. The van der Waals surface area contributed by atoms with Crippen molar-refractivity contribution in [2.75, 3.05) is 24.9 Å². The Balaban J connectivity index is 2.58. The van der Waals surface area contributed by atoms with Crippen LogP contribution in [0.3, 0.4) is 0 Å². The molecule has 0 aliphatic heterocycles. The second-order valence-electron chi connectivity index (χ2n) is 4.00. The van der Waals surface area contributed by atoms with E-state index in [2.05, 4.69) is 4.74 Å². The Kier molecular flexibility index (Phi) is 4.49. The van der Waals surface area contributed by atoms with Crippen molar-refractivity contribution >= 4 is 26.6 Å². The Morgan fingerprint density at radius 3 is 2.44 bits per heavy atom. The first-order chi connectivity index (χ1) is 7.35. The molecule has 0 radical (unpaired) electrons. The van der Waals surface area contributed by atoms with E-state index in [0.717, 1.165) is 19.1 Å². The highest BCUT2D eigenvalue weighted by Gasteiger charge is 2.41. The van der Waals surface area contributed by atoms with Crippen molar-refractivity contribution in [2.24, 2.45) is 5.92 Å². The zero-order valence-corrected chi connectivity index (χ0v) is 11.0. The van der Waals surface area contributed by atoms with Gasteiger partial charge in [0.2, 0.25) is 0 Å².